The Hall–Kier alpha value is -2.04. The van der Waals surface area contributed by atoms with Crippen molar-refractivity contribution in [2.45, 2.75) is 33.1 Å². The quantitative estimate of drug-likeness (QED) is 0.880. The van der Waals surface area contributed by atoms with Gasteiger partial charge in [-0.15, -0.1) is 0 Å². The highest BCUT2D eigenvalue weighted by Gasteiger charge is 2.21. The zero-order chi connectivity index (χ0) is 13.1. The standard InChI is InChI=1S/C13H15NO4/c1-3-5-9-11(13(15)16)18-12(14-9)10-7-6-8(4-2)17-10/h6-7H,3-5H2,1-2H3,(H,15,16). The van der Waals surface area contributed by atoms with Crippen molar-refractivity contribution < 1.29 is 18.7 Å². The second kappa shape index (κ2) is 5.08. The molecule has 0 saturated carbocycles. The summed E-state index contributed by atoms with van der Waals surface area (Å²) >= 11 is 0. The zero-order valence-corrected chi connectivity index (χ0v) is 10.4. The molecule has 2 rings (SSSR count). The predicted octanol–water partition coefficient (Wildman–Crippen LogP) is 3.15. The SMILES string of the molecule is CCCc1nc(-c2ccc(CC)o2)oc1C(=O)O. The first kappa shape index (κ1) is 12.4. The van der Waals surface area contributed by atoms with E-state index in [-0.39, 0.29) is 11.7 Å². The normalized spacial score (nSPS) is 10.8. The molecule has 0 saturated heterocycles. The first-order valence-corrected chi connectivity index (χ1v) is 5.97. The van der Waals surface area contributed by atoms with Crippen LogP contribution in [-0.4, -0.2) is 16.1 Å². The van der Waals surface area contributed by atoms with Gasteiger partial charge in [-0.2, -0.15) is 0 Å². The molecule has 1 N–H and O–H groups in total. The molecule has 0 unspecified atom stereocenters. The van der Waals surface area contributed by atoms with Crippen LogP contribution in [0.25, 0.3) is 11.7 Å². The van der Waals surface area contributed by atoms with Crippen LogP contribution in [0.15, 0.2) is 21.0 Å². The summed E-state index contributed by atoms with van der Waals surface area (Å²) in [6.45, 7) is 3.94. The number of carboxylic acids is 1. The van der Waals surface area contributed by atoms with E-state index in [1.54, 1.807) is 6.07 Å². The van der Waals surface area contributed by atoms with E-state index in [0.717, 1.165) is 18.6 Å². The lowest BCUT2D eigenvalue weighted by atomic mass is 10.2. The fraction of sp³-hybridized carbons (Fsp3) is 0.385. The van der Waals surface area contributed by atoms with Crippen LogP contribution in [0.2, 0.25) is 0 Å². The number of aryl methyl sites for hydroxylation is 2. The van der Waals surface area contributed by atoms with Crippen molar-refractivity contribution in [2.24, 2.45) is 0 Å². The lowest BCUT2D eigenvalue weighted by molar-refractivity contribution is 0.0661. The molecule has 2 heterocycles. The predicted molar refractivity (Wildman–Crippen MR) is 64.5 cm³/mol. The van der Waals surface area contributed by atoms with Crippen LogP contribution in [0, 0.1) is 0 Å². The van der Waals surface area contributed by atoms with Crippen molar-refractivity contribution in [3.05, 3.63) is 29.3 Å². The summed E-state index contributed by atoms with van der Waals surface area (Å²) in [5, 5.41) is 9.04. The highest BCUT2D eigenvalue weighted by Crippen LogP contribution is 2.25. The summed E-state index contributed by atoms with van der Waals surface area (Å²) in [6, 6.07) is 3.57. The average molecular weight is 249 g/mol. The summed E-state index contributed by atoms with van der Waals surface area (Å²) < 4.78 is 10.8. The third-order valence-electron chi connectivity index (χ3n) is 2.60. The minimum Gasteiger partial charge on any atom is -0.475 e. The van der Waals surface area contributed by atoms with Gasteiger partial charge in [0.2, 0.25) is 5.76 Å². The van der Waals surface area contributed by atoms with Crippen molar-refractivity contribution in [3.63, 3.8) is 0 Å². The molecule has 0 radical (unpaired) electrons. The highest BCUT2D eigenvalue weighted by atomic mass is 16.4. The Balaban J connectivity index is 2.39. The van der Waals surface area contributed by atoms with Gasteiger partial charge in [-0.3, -0.25) is 0 Å². The molecule has 18 heavy (non-hydrogen) atoms. The van der Waals surface area contributed by atoms with E-state index in [2.05, 4.69) is 4.98 Å². The lowest BCUT2D eigenvalue weighted by Gasteiger charge is -1.91. The number of oxazole rings is 1. The zero-order valence-electron chi connectivity index (χ0n) is 10.4. The topological polar surface area (TPSA) is 76.5 Å². The molecule has 0 bridgehead atoms. The third-order valence-corrected chi connectivity index (χ3v) is 2.60. The number of aromatic nitrogens is 1. The molecular weight excluding hydrogens is 234 g/mol. The Morgan fingerprint density at radius 1 is 1.33 bits per heavy atom. The maximum atomic E-state index is 11.0. The number of rotatable bonds is 5. The van der Waals surface area contributed by atoms with E-state index in [4.69, 9.17) is 13.9 Å². The maximum absolute atomic E-state index is 11.0. The Bertz CT molecular complexity index is 553. The number of hydrogen-bond donors (Lipinski definition) is 1. The van der Waals surface area contributed by atoms with Crippen LogP contribution in [0.5, 0.6) is 0 Å². The fourth-order valence-electron chi connectivity index (χ4n) is 1.71. The van der Waals surface area contributed by atoms with Gasteiger partial charge in [0.25, 0.3) is 5.89 Å². The van der Waals surface area contributed by atoms with Gasteiger partial charge in [0, 0.05) is 6.42 Å². The molecule has 2 aromatic rings. The Morgan fingerprint density at radius 2 is 2.11 bits per heavy atom. The minimum absolute atomic E-state index is 0.0960. The molecule has 0 aromatic carbocycles. The Kier molecular flexibility index (Phi) is 3.50. The van der Waals surface area contributed by atoms with E-state index in [0.29, 0.717) is 17.9 Å². The minimum atomic E-state index is -1.10. The maximum Gasteiger partial charge on any atom is 0.373 e. The molecular formula is C13H15NO4. The number of aromatic carboxylic acids is 1. The molecule has 96 valence electrons. The number of carboxylic acid groups (broad SMARTS) is 1. The van der Waals surface area contributed by atoms with Gasteiger partial charge in [-0.05, 0) is 18.6 Å². The molecule has 0 atom stereocenters. The summed E-state index contributed by atoms with van der Waals surface area (Å²) in [5.41, 5.74) is 0.467. The van der Waals surface area contributed by atoms with Crippen LogP contribution in [0.1, 0.15) is 42.3 Å². The van der Waals surface area contributed by atoms with Gasteiger partial charge >= 0.3 is 5.97 Å². The van der Waals surface area contributed by atoms with Crippen LogP contribution in [0.4, 0.5) is 0 Å². The van der Waals surface area contributed by atoms with Crippen LogP contribution in [-0.2, 0) is 12.8 Å². The molecule has 0 amide bonds. The van der Waals surface area contributed by atoms with E-state index < -0.39 is 5.97 Å². The first-order valence-electron chi connectivity index (χ1n) is 5.97. The van der Waals surface area contributed by atoms with Crippen molar-refractivity contribution in [1.29, 1.82) is 0 Å². The second-order valence-corrected chi connectivity index (χ2v) is 3.97. The summed E-state index contributed by atoms with van der Waals surface area (Å²) in [5.74, 6) is 0.324. The summed E-state index contributed by atoms with van der Waals surface area (Å²) in [6.07, 6.45) is 2.16. The number of hydrogen-bond acceptors (Lipinski definition) is 4. The molecule has 0 aliphatic carbocycles. The molecule has 0 spiro atoms. The van der Waals surface area contributed by atoms with Crippen molar-refractivity contribution in [2.75, 3.05) is 0 Å². The van der Waals surface area contributed by atoms with E-state index in [1.165, 1.54) is 0 Å². The van der Waals surface area contributed by atoms with E-state index in [1.807, 2.05) is 19.9 Å². The lowest BCUT2D eigenvalue weighted by Crippen LogP contribution is -1.99. The number of furan rings is 1. The van der Waals surface area contributed by atoms with Gasteiger partial charge < -0.3 is 13.9 Å². The smallest absolute Gasteiger partial charge is 0.373 e. The number of nitrogens with zero attached hydrogens (tertiary/aromatic N) is 1. The molecule has 5 heteroatoms. The monoisotopic (exact) mass is 249 g/mol. The Labute approximate surface area is 104 Å². The van der Waals surface area contributed by atoms with Crippen LogP contribution < -0.4 is 0 Å². The molecule has 0 aliphatic heterocycles. The van der Waals surface area contributed by atoms with Gasteiger partial charge in [-0.1, -0.05) is 20.3 Å². The molecule has 0 aliphatic rings. The van der Waals surface area contributed by atoms with Crippen molar-refractivity contribution >= 4 is 5.97 Å². The van der Waals surface area contributed by atoms with Crippen LogP contribution >= 0.6 is 0 Å². The largest absolute Gasteiger partial charge is 0.475 e. The van der Waals surface area contributed by atoms with E-state index >= 15 is 0 Å². The fourth-order valence-corrected chi connectivity index (χ4v) is 1.71. The van der Waals surface area contributed by atoms with Gasteiger partial charge in [0.15, 0.2) is 5.76 Å². The average Bonchev–Trinajstić information content (AvgIpc) is 2.94. The molecule has 5 nitrogen and oxygen atoms in total. The third kappa shape index (κ3) is 2.30. The first-order chi connectivity index (χ1) is 8.65. The van der Waals surface area contributed by atoms with Gasteiger partial charge in [-0.25, -0.2) is 9.78 Å². The van der Waals surface area contributed by atoms with Crippen LogP contribution in [0.3, 0.4) is 0 Å². The van der Waals surface area contributed by atoms with Gasteiger partial charge in [0.05, 0.1) is 5.69 Å². The number of carbonyl (C=O) groups is 1. The molecule has 0 fully saturated rings. The van der Waals surface area contributed by atoms with Crippen molar-refractivity contribution in [3.8, 4) is 11.7 Å². The van der Waals surface area contributed by atoms with E-state index in [9.17, 15) is 4.79 Å². The van der Waals surface area contributed by atoms with Gasteiger partial charge in [0.1, 0.15) is 5.76 Å². The Morgan fingerprint density at radius 3 is 2.67 bits per heavy atom. The molecule has 2 aromatic heterocycles. The summed E-state index contributed by atoms with van der Waals surface area (Å²) in [7, 11) is 0. The second-order valence-electron chi connectivity index (χ2n) is 3.97. The summed E-state index contributed by atoms with van der Waals surface area (Å²) in [4.78, 5) is 15.2. The van der Waals surface area contributed by atoms with Crippen molar-refractivity contribution in [1.82, 2.24) is 4.98 Å². The highest BCUT2D eigenvalue weighted by molar-refractivity contribution is 5.86.